The van der Waals surface area contributed by atoms with Crippen LogP contribution in [0.25, 0.3) is 22.3 Å². The van der Waals surface area contributed by atoms with Crippen LogP contribution in [0.5, 0.6) is 0 Å². The topological polar surface area (TPSA) is 146 Å². The maximum atomic E-state index is 12.5. The number of hydrogen-bond acceptors (Lipinski definition) is 9. The van der Waals surface area contributed by atoms with Gasteiger partial charge in [0, 0.05) is 43.0 Å². The monoisotopic (exact) mass is 426 g/mol. The Balaban J connectivity index is 1.50. The highest BCUT2D eigenvalue weighted by atomic mass is 32.1. The van der Waals surface area contributed by atoms with Crippen LogP contribution in [0.4, 0.5) is 10.9 Å². The van der Waals surface area contributed by atoms with Gasteiger partial charge in [0.1, 0.15) is 30.0 Å². The fourth-order valence-electron chi connectivity index (χ4n) is 3.60. The van der Waals surface area contributed by atoms with E-state index in [9.17, 15) is 9.90 Å². The van der Waals surface area contributed by atoms with Gasteiger partial charge in [-0.1, -0.05) is 0 Å². The number of carbonyl (C=O) groups is 1. The van der Waals surface area contributed by atoms with E-state index in [4.69, 9.17) is 10.5 Å². The number of nitrogens with two attached hydrogens (primary N) is 1. The zero-order valence-electron chi connectivity index (χ0n) is 15.8. The van der Waals surface area contributed by atoms with Gasteiger partial charge >= 0.3 is 0 Å². The lowest BCUT2D eigenvalue weighted by Crippen LogP contribution is -2.27. The van der Waals surface area contributed by atoms with Crippen LogP contribution in [0, 0.1) is 0 Å². The number of thiazole rings is 1. The molecule has 5 heterocycles. The molecule has 4 aromatic heterocycles. The number of hydrogen-bond donors (Lipinski definition) is 3. The largest absolute Gasteiger partial charge is 0.388 e. The van der Waals surface area contributed by atoms with Crippen molar-refractivity contribution in [2.75, 3.05) is 11.1 Å². The molecule has 1 fully saturated rings. The van der Waals surface area contributed by atoms with Crippen molar-refractivity contribution in [3.8, 4) is 11.3 Å². The lowest BCUT2D eigenvalue weighted by atomic mass is 10.2. The molecule has 0 bridgehead atoms. The summed E-state index contributed by atoms with van der Waals surface area (Å²) in [6.45, 7) is 0. The minimum absolute atomic E-state index is 0.140. The van der Waals surface area contributed by atoms with Crippen LogP contribution >= 0.6 is 11.3 Å². The summed E-state index contributed by atoms with van der Waals surface area (Å²) in [5.41, 5.74) is 8.03. The number of aryl methyl sites for hydroxylation is 1. The van der Waals surface area contributed by atoms with Crippen molar-refractivity contribution in [1.82, 2.24) is 29.3 Å². The van der Waals surface area contributed by atoms with Crippen LogP contribution in [-0.4, -0.2) is 52.5 Å². The predicted molar refractivity (Wildman–Crippen MR) is 109 cm³/mol. The van der Waals surface area contributed by atoms with Gasteiger partial charge in [-0.15, -0.1) is 11.3 Å². The molecule has 1 saturated heterocycles. The van der Waals surface area contributed by atoms with Crippen molar-refractivity contribution in [2.24, 2.45) is 7.05 Å². The first kappa shape index (κ1) is 18.7. The third kappa shape index (κ3) is 3.10. The van der Waals surface area contributed by atoms with Crippen LogP contribution in [-0.2, 0) is 16.6 Å². The molecule has 0 saturated carbocycles. The van der Waals surface area contributed by atoms with E-state index in [1.165, 1.54) is 17.7 Å². The number of aliphatic hydroxyl groups is 1. The van der Waals surface area contributed by atoms with E-state index in [1.807, 2.05) is 19.3 Å². The summed E-state index contributed by atoms with van der Waals surface area (Å²) >= 11 is 1.31. The normalized spacial score (nSPS) is 21.3. The summed E-state index contributed by atoms with van der Waals surface area (Å²) in [6, 6.07) is 1.85. The highest BCUT2D eigenvalue weighted by Crippen LogP contribution is 2.37. The van der Waals surface area contributed by atoms with Crippen molar-refractivity contribution in [2.45, 2.75) is 24.9 Å². The van der Waals surface area contributed by atoms with E-state index in [0.29, 0.717) is 27.7 Å². The number of rotatable bonds is 4. The number of amides is 1. The molecule has 30 heavy (non-hydrogen) atoms. The molecule has 0 aliphatic carbocycles. The summed E-state index contributed by atoms with van der Waals surface area (Å²) in [6.07, 6.45) is 4.12. The molecule has 12 heteroatoms. The Morgan fingerprint density at radius 1 is 1.40 bits per heavy atom. The van der Waals surface area contributed by atoms with Crippen LogP contribution < -0.4 is 11.1 Å². The van der Waals surface area contributed by atoms with E-state index < -0.39 is 18.4 Å². The fraction of sp³-hybridized carbons (Fsp3) is 0.278. The zero-order valence-corrected chi connectivity index (χ0v) is 16.7. The van der Waals surface area contributed by atoms with Gasteiger partial charge in [-0.05, 0) is 6.07 Å². The molecule has 11 nitrogen and oxygen atoms in total. The Bertz CT molecular complexity index is 1220. The minimum atomic E-state index is -0.916. The Kier molecular flexibility index (Phi) is 4.46. The minimum Gasteiger partial charge on any atom is -0.388 e. The molecule has 1 aliphatic heterocycles. The van der Waals surface area contributed by atoms with Crippen LogP contribution in [0.1, 0.15) is 12.6 Å². The van der Waals surface area contributed by atoms with Gasteiger partial charge in [0.25, 0.3) is 5.91 Å². The van der Waals surface area contributed by atoms with E-state index >= 15 is 0 Å². The van der Waals surface area contributed by atoms with Gasteiger partial charge in [-0.25, -0.2) is 15.0 Å². The molecule has 154 valence electrons. The van der Waals surface area contributed by atoms with E-state index in [0.717, 1.165) is 5.56 Å². The van der Waals surface area contributed by atoms with Gasteiger partial charge in [-0.2, -0.15) is 5.10 Å². The lowest BCUT2D eigenvalue weighted by molar-refractivity contribution is -0.129. The van der Waals surface area contributed by atoms with Gasteiger partial charge < -0.3 is 20.1 Å². The standard InChI is InChI=1S/C18H18N8O3S/c1-25-4-2-10(24-25)9-7-26(15-13(9)14(19)21-8-22-15)17-11(27)6-12(29-17)16(28)23-18-20-3-5-30-18/h2-5,7-8,11-12,17,27H,6H2,1H3,(H2,19,21,22)(H,20,23,28)/t11-,12+,17-/m1/s1. The van der Waals surface area contributed by atoms with E-state index in [-0.39, 0.29) is 12.3 Å². The van der Waals surface area contributed by atoms with Crippen LogP contribution in [0.15, 0.2) is 36.4 Å². The zero-order chi connectivity index (χ0) is 20.8. The third-order valence-electron chi connectivity index (χ3n) is 4.95. The average molecular weight is 426 g/mol. The highest BCUT2D eigenvalue weighted by molar-refractivity contribution is 7.13. The molecule has 1 amide bonds. The van der Waals surface area contributed by atoms with Crippen LogP contribution in [0.3, 0.4) is 0 Å². The Labute approximate surface area is 174 Å². The lowest BCUT2D eigenvalue weighted by Gasteiger charge is -2.17. The Morgan fingerprint density at radius 2 is 2.27 bits per heavy atom. The molecule has 0 unspecified atom stereocenters. The number of carbonyl (C=O) groups excluding carboxylic acids is 1. The maximum absolute atomic E-state index is 12.5. The van der Waals surface area contributed by atoms with Crippen molar-refractivity contribution in [3.63, 3.8) is 0 Å². The summed E-state index contributed by atoms with van der Waals surface area (Å²) in [7, 11) is 1.82. The molecule has 5 rings (SSSR count). The maximum Gasteiger partial charge on any atom is 0.255 e. The molecule has 0 spiro atoms. The molecule has 3 atom stereocenters. The second-order valence-electron chi connectivity index (χ2n) is 6.93. The molecule has 4 N–H and O–H groups in total. The molecular weight excluding hydrogens is 408 g/mol. The number of ether oxygens (including phenoxy) is 1. The van der Waals surface area contributed by atoms with Crippen molar-refractivity contribution < 1.29 is 14.6 Å². The number of nitrogen functional groups attached to an aromatic ring is 1. The second kappa shape index (κ2) is 7.16. The van der Waals surface area contributed by atoms with E-state index in [1.54, 1.807) is 27.0 Å². The summed E-state index contributed by atoms with van der Waals surface area (Å²) in [5.74, 6) is -0.0630. The van der Waals surface area contributed by atoms with Gasteiger partial charge in [0.15, 0.2) is 11.4 Å². The van der Waals surface area contributed by atoms with Crippen molar-refractivity contribution in [3.05, 3.63) is 36.4 Å². The number of aromatic nitrogens is 6. The molecule has 0 radical (unpaired) electrons. The molecule has 1 aliphatic rings. The summed E-state index contributed by atoms with van der Waals surface area (Å²) < 4.78 is 9.28. The summed E-state index contributed by atoms with van der Waals surface area (Å²) in [4.78, 5) is 25.0. The number of nitrogens with one attached hydrogen (secondary N) is 1. The number of fused-ring (bicyclic) bond motifs is 1. The van der Waals surface area contributed by atoms with Crippen molar-refractivity contribution in [1.29, 1.82) is 0 Å². The number of aliphatic hydroxyl groups excluding tert-OH is 1. The highest BCUT2D eigenvalue weighted by Gasteiger charge is 2.40. The first-order valence-corrected chi connectivity index (χ1v) is 10.0. The Hall–Kier alpha value is -3.35. The third-order valence-corrected chi connectivity index (χ3v) is 5.63. The van der Waals surface area contributed by atoms with Gasteiger partial charge in [0.2, 0.25) is 0 Å². The van der Waals surface area contributed by atoms with Crippen molar-refractivity contribution >= 4 is 39.2 Å². The fourth-order valence-corrected chi connectivity index (χ4v) is 4.13. The quantitative estimate of drug-likeness (QED) is 0.441. The van der Waals surface area contributed by atoms with Crippen LogP contribution in [0.2, 0.25) is 0 Å². The SMILES string of the molecule is Cn1ccc(-c2cn([C@@H]3O[C@H](C(=O)Nc4nccs4)C[C@H]3O)c3ncnc(N)c23)n1. The molecular formula is C18H18N8O3S. The van der Waals surface area contributed by atoms with Gasteiger partial charge in [-0.3, -0.25) is 14.8 Å². The van der Waals surface area contributed by atoms with Gasteiger partial charge in [0.05, 0.1) is 11.1 Å². The summed E-state index contributed by atoms with van der Waals surface area (Å²) in [5, 5.41) is 20.7. The second-order valence-corrected chi connectivity index (χ2v) is 7.82. The number of nitrogens with zero attached hydrogens (tertiary/aromatic N) is 6. The molecule has 4 aromatic rings. The smallest absolute Gasteiger partial charge is 0.255 e. The van der Waals surface area contributed by atoms with E-state index in [2.05, 4.69) is 25.4 Å². The average Bonchev–Trinajstić information content (AvgIpc) is 3.48. The molecule has 0 aromatic carbocycles. The Morgan fingerprint density at radius 3 is 3.00 bits per heavy atom. The number of anilines is 2. The first-order chi connectivity index (χ1) is 14.5. The predicted octanol–water partition coefficient (Wildman–Crippen LogP) is 1.16. The first-order valence-electron chi connectivity index (χ1n) is 9.16.